The van der Waals surface area contributed by atoms with Gasteiger partial charge in [0.25, 0.3) is 0 Å². The monoisotopic (exact) mass is 445 g/mol. The molecule has 0 aliphatic rings. The van der Waals surface area contributed by atoms with Crippen molar-refractivity contribution < 1.29 is 13.2 Å². The maximum atomic E-state index is 13.2. The van der Waals surface area contributed by atoms with Crippen molar-refractivity contribution in [2.75, 3.05) is 0 Å². The normalized spacial score (nSPS) is 11.9. The molecule has 2 aromatic carbocycles. The Hall–Kier alpha value is -3.85. The third-order valence-electron chi connectivity index (χ3n) is 5.50. The summed E-state index contributed by atoms with van der Waals surface area (Å²) in [6.07, 6.45) is 5.61. The third kappa shape index (κ3) is 3.46. The highest BCUT2D eigenvalue weighted by molar-refractivity contribution is 7.91. The van der Waals surface area contributed by atoms with E-state index in [-0.39, 0.29) is 15.6 Å². The first-order valence-corrected chi connectivity index (χ1v) is 11.5. The molecule has 0 aliphatic heterocycles. The molecule has 3 heterocycles. The van der Waals surface area contributed by atoms with Gasteiger partial charge in [-0.25, -0.2) is 13.4 Å². The molecule has 32 heavy (non-hydrogen) atoms. The first-order chi connectivity index (χ1) is 15.4. The molecule has 160 valence electrons. The number of aryl methyl sites for hydroxylation is 2. The van der Waals surface area contributed by atoms with Gasteiger partial charge in [-0.3, -0.25) is 14.6 Å². The van der Waals surface area contributed by atoms with E-state index in [0.29, 0.717) is 29.6 Å². The number of pyridine rings is 1. The molecule has 0 fully saturated rings. The molecule has 0 saturated carbocycles. The molecule has 0 unspecified atom stereocenters. The molecule has 0 amide bonds. The topological polar surface area (TPSA) is 111 Å². The number of aromatic nitrogens is 5. The summed E-state index contributed by atoms with van der Waals surface area (Å²) in [4.78, 5) is 17.2. The summed E-state index contributed by atoms with van der Waals surface area (Å²) in [5, 5.41) is 12.4. The lowest BCUT2D eigenvalue weighted by Crippen LogP contribution is -2.06. The van der Waals surface area contributed by atoms with Gasteiger partial charge in [-0.05, 0) is 36.2 Å². The van der Waals surface area contributed by atoms with Gasteiger partial charge in [0.05, 0.1) is 27.7 Å². The van der Waals surface area contributed by atoms with Gasteiger partial charge in [-0.2, -0.15) is 10.2 Å². The summed E-state index contributed by atoms with van der Waals surface area (Å²) in [6, 6.07) is 13.6. The zero-order valence-electron chi connectivity index (χ0n) is 17.2. The van der Waals surface area contributed by atoms with Gasteiger partial charge in [0.15, 0.2) is 11.4 Å². The molecule has 0 bridgehead atoms. The van der Waals surface area contributed by atoms with Crippen LogP contribution in [0.3, 0.4) is 0 Å². The fraction of sp³-hybridized carbons (Fsp3) is 0.130. The molecule has 5 aromatic rings. The van der Waals surface area contributed by atoms with Gasteiger partial charge in [-0.15, -0.1) is 0 Å². The number of nitrogens with one attached hydrogen (secondary N) is 1. The van der Waals surface area contributed by atoms with Crippen LogP contribution in [0.4, 0.5) is 0 Å². The van der Waals surface area contributed by atoms with Crippen LogP contribution in [0.25, 0.3) is 21.9 Å². The van der Waals surface area contributed by atoms with E-state index in [1.165, 1.54) is 6.20 Å². The summed E-state index contributed by atoms with van der Waals surface area (Å²) < 4.78 is 28.0. The summed E-state index contributed by atoms with van der Waals surface area (Å²) >= 11 is 0. The second-order valence-corrected chi connectivity index (χ2v) is 9.48. The number of fused-ring (bicyclic) bond motifs is 2. The van der Waals surface area contributed by atoms with Gasteiger partial charge in [0.1, 0.15) is 0 Å². The number of ketones is 1. The van der Waals surface area contributed by atoms with Crippen molar-refractivity contribution in [3.05, 3.63) is 78.2 Å². The number of H-pyrrole nitrogens is 1. The molecular formula is C23H19N5O3S. The highest BCUT2D eigenvalue weighted by atomic mass is 32.2. The average Bonchev–Trinajstić information content (AvgIpc) is 3.43. The van der Waals surface area contributed by atoms with Crippen molar-refractivity contribution in [2.24, 2.45) is 7.05 Å². The van der Waals surface area contributed by atoms with Crippen LogP contribution < -0.4 is 0 Å². The lowest BCUT2D eigenvalue weighted by Gasteiger charge is -2.08. The van der Waals surface area contributed by atoms with Crippen LogP contribution in [0.2, 0.25) is 0 Å². The van der Waals surface area contributed by atoms with E-state index in [1.54, 1.807) is 66.6 Å². The van der Waals surface area contributed by atoms with E-state index in [4.69, 9.17) is 0 Å². The first-order valence-electron chi connectivity index (χ1n) is 10.0. The smallest absolute Gasteiger partial charge is 0.208 e. The van der Waals surface area contributed by atoms with Crippen molar-refractivity contribution in [3.63, 3.8) is 0 Å². The molecule has 0 atom stereocenters. The van der Waals surface area contributed by atoms with Crippen molar-refractivity contribution in [1.29, 1.82) is 0 Å². The van der Waals surface area contributed by atoms with Gasteiger partial charge < -0.3 is 0 Å². The Labute approximate surface area is 183 Å². The van der Waals surface area contributed by atoms with Crippen LogP contribution in [0.15, 0.2) is 76.9 Å². The highest BCUT2D eigenvalue weighted by Crippen LogP contribution is 2.28. The third-order valence-corrected chi connectivity index (χ3v) is 7.30. The number of Topliss-reactive ketones (excluding diaryl/α,β-unsaturated/α-hetero) is 1. The maximum absolute atomic E-state index is 13.2. The summed E-state index contributed by atoms with van der Waals surface area (Å²) in [5.74, 6) is -0.0276. The number of aromatic amines is 1. The molecule has 3 aromatic heterocycles. The minimum atomic E-state index is -3.71. The molecule has 0 saturated heterocycles. The Balaban J connectivity index is 1.34. The summed E-state index contributed by atoms with van der Waals surface area (Å²) in [6.45, 7) is 0. The quantitative estimate of drug-likeness (QED) is 0.401. The molecule has 5 rings (SSSR count). The fourth-order valence-electron chi connectivity index (χ4n) is 3.77. The average molecular weight is 446 g/mol. The second kappa shape index (κ2) is 7.69. The number of para-hydroxylation sites is 1. The number of nitrogens with zero attached hydrogens (tertiary/aromatic N) is 4. The van der Waals surface area contributed by atoms with E-state index in [9.17, 15) is 13.2 Å². The van der Waals surface area contributed by atoms with E-state index >= 15 is 0 Å². The number of hydrogen-bond acceptors (Lipinski definition) is 6. The maximum Gasteiger partial charge on any atom is 0.208 e. The minimum absolute atomic E-state index is 0.0276. The van der Waals surface area contributed by atoms with Crippen LogP contribution >= 0.6 is 0 Å². The van der Waals surface area contributed by atoms with Crippen molar-refractivity contribution in [2.45, 2.75) is 22.6 Å². The number of benzene rings is 2. The Morgan fingerprint density at radius 3 is 2.66 bits per heavy atom. The van der Waals surface area contributed by atoms with Gasteiger partial charge in [0, 0.05) is 36.0 Å². The predicted molar refractivity (Wildman–Crippen MR) is 119 cm³/mol. The first kappa shape index (κ1) is 20.1. The van der Waals surface area contributed by atoms with Crippen LogP contribution in [0.5, 0.6) is 0 Å². The molecule has 0 radical (unpaired) electrons. The van der Waals surface area contributed by atoms with E-state index in [1.807, 2.05) is 6.07 Å². The highest BCUT2D eigenvalue weighted by Gasteiger charge is 2.22. The zero-order chi connectivity index (χ0) is 22.3. The van der Waals surface area contributed by atoms with E-state index in [2.05, 4.69) is 20.3 Å². The largest absolute Gasteiger partial charge is 0.294 e. The summed E-state index contributed by atoms with van der Waals surface area (Å²) in [7, 11) is -1.99. The van der Waals surface area contributed by atoms with E-state index < -0.39 is 9.84 Å². The van der Waals surface area contributed by atoms with Gasteiger partial charge in [-0.1, -0.05) is 24.3 Å². The van der Waals surface area contributed by atoms with Crippen molar-refractivity contribution in [3.8, 4) is 0 Å². The number of sulfone groups is 1. The minimum Gasteiger partial charge on any atom is -0.294 e. The second-order valence-electron chi connectivity index (χ2n) is 7.56. The SMILES string of the molecule is Cn1ncc2cccc(S(=O)(=O)c3ccc(CCC(=O)c4cnc5[nH]ncc5c4)cc3)c21. The summed E-state index contributed by atoms with van der Waals surface area (Å²) in [5.41, 5.74) is 2.63. The number of hydrogen-bond donors (Lipinski definition) is 1. The molecule has 1 N–H and O–H groups in total. The van der Waals surface area contributed by atoms with Crippen LogP contribution in [-0.2, 0) is 23.3 Å². The molecule has 9 heteroatoms. The van der Waals surface area contributed by atoms with E-state index in [0.717, 1.165) is 16.3 Å². The Morgan fingerprint density at radius 1 is 1.03 bits per heavy atom. The van der Waals surface area contributed by atoms with Gasteiger partial charge >= 0.3 is 0 Å². The fourth-order valence-corrected chi connectivity index (χ4v) is 5.28. The molecular weight excluding hydrogens is 426 g/mol. The van der Waals surface area contributed by atoms with Crippen LogP contribution in [0, 0.1) is 0 Å². The Morgan fingerprint density at radius 2 is 1.84 bits per heavy atom. The van der Waals surface area contributed by atoms with Crippen molar-refractivity contribution >= 4 is 37.6 Å². The molecule has 0 aliphatic carbocycles. The molecule has 0 spiro atoms. The van der Waals surface area contributed by atoms with Crippen LogP contribution in [0.1, 0.15) is 22.3 Å². The standard InChI is InChI=1S/C23H19N5O3S/c1-28-22-16(14-26-28)3-2-4-21(22)32(30,31)19-8-5-15(6-9-19)7-10-20(29)17-11-18-13-25-27-23(18)24-12-17/h2-6,8-9,11-14H,7,10H2,1H3,(H,24,25,27). The Kier molecular flexibility index (Phi) is 4.82. The van der Waals surface area contributed by atoms with Gasteiger partial charge in [0.2, 0.25) is 9.84 Å². The molecule has 8 nitrogen and oxygen atoms in total. The lowest BCUT2D eigenvalue weighted by molar-refractivity contribution is 0.0982. The lowest BCUT2D eigenvalue weighted by atomic mass is 10.0. The Bertz CT molecular complexity index is 1570. The van der Waals surface area contributed by atoms with Crippen LogP contribution in [-0.4, -0.2) is 39.2 Å². The zero-order valence-corrected chi connectivity index (χ0v) is 18.0. The number of carbonyl (C=O) groups excluding carboxylic acids is 1. The number of rotatable bonds is 6. The predicted octanol–water partition coefficient (Wildman–Crippen LogP) is 3.49. The number of carbonyl (C=O) groups is 1. The van der Waals surface area contributed by atoms with Crippen molar-refractivity contribution in [1.82, 2.24) is 25.0 Å².